The first-order valence-electron chi connectivity index (χ1n) is 2.16. The van der Waals surface area contributed by atoms with Crippen LogP contribution in [0.1, 0.15) is 0 Å². The molecule has 1 nitrogen and oxygen atoms in total. The van der Waals surface area contributed by atoms with Gasteiger partial charge in [-0.1, -0.05) is 18.2 Å². The number of rotatable bonds is 1. The van der Waals surface area contributed by atoms with Gasteiger partial charge in [0.25, 0.3) is 0 Å². The molecule has 0 heterocycles. The fourth-order valence-corrected chi connectivity index (χ4v) is 0.438. The van der Waals surface area contributed by atoms with Crippen LogP contribution < -0.4 is 34.8 Å². The average molecular weight is 129 g/mol. The third-order valence-corrected chi connectivity index (χ3v) is 0.774. The van der Waals surface area contributed by atoms with Crippen molar-refractivity contribution >= 4 is 13.7 Å². The van der Waals surface area contributed by atoms with Crippen molar-refractivity contribution in [2.75, 3.05) is 5.23 Å². The third-order valence-electron chi connectivity index (χ3n) is 0.774. The zero-order chi connectivity index (χ0) is 5.82. The molecule has 0 aliphatic heterocycles. The van der Waals surface area contributed by atoms with Crippen LogP contribution in [0.2, 0.25) is 0 Å². The molecule has 0 aliphatic carbocycles. The van der Waals surface area contributed by atoms with Crippen LogP contribution in [0.4, 0.5) is 5.69 Å². The maximum Gasteiger partial charge on any atom is 1.00 e. The smallest absolute Gasteiger partial charge is 0.567 e. The summed E-state index contributed by atoms with van der Waals surface area (Å²) in [6.45, 7) is 0. The maximum atomic E-state index is 3.28. The monoisotopic (exact) mass is 129 g/mol. The summed E-state index contributed by atoms with van der Waals surface area (Å²) >= 11 is 0. The molecule has 0 saturated carbocycles. The van der Waals surface area contributed by atoms with Crippen LogP contribution >= 0.6 is 0 Å². The largest absolute Gasteiger partial charge is 1.00 e. The fraction of sp³-hybridized carbons (Fsp3) is 0. The van der Waals surface area contributed by atoms with E-state index >= 15 is 0 Å². The normalized spacial score (nSPS) is 7.67. The van der Waals surface area contributed by atoms with E-state index in [1.807, 2.05) is 18.2 Å². The first-order chi connectivity index (χ1) is 3.93. The summed E-state index contributed by atoms with van der Waals surface area (Å²) in [4.78, 5) is 0. The summed E-state index contributed by atoms with van der Waals surface area (Å²) in [6, 6.07) is 10.3. The predicted octanol–water partition coefficient (Wildman–Crippen LogP) is -2.62. The minimum Gasteiger partial charge on any atom is -0.567 e. The Morgan fingerprint density at radius 1 is 1.11 bits per heavy atom. The molecule has 3 heteroatoms. The molecule has 1 aromatic carbocycles. The van der Waals surface area contributed by atoms with Crippen LogP contribution in [0.5, 0.6) is 0 Å². The topological polar surface area (TPSA) is 12.0 Å². The Labute approximate surface area is 78.6 Å². The van der Waals surface area contributed by atoms with Crippen LogP contribution in [-0.2, 0) is 0 Å². The first-order valence-corrected chi connectivity index (χ1v) is 2.16. The van der Waals surface area contributed by atoms with Crippen LogP contribution in [0.15, 0.2) is 30.3 Å². The summed E-state index contributed by atoms with van der Waals surface area (Å²) in [5.74, 6) is 0. The van der Waals surface area contributed by atoms with Gasteiger partial charge < -0.3 is 5.23 Å². The Balaban J connectivity index is 0.000000640. The van der Waals surface area contributed by atoms with Gasteiger partial charge in [0, 0.05) is 7.98 Å². The molecule has 0 atom stereocenters. The second-order valence-corrected chi connectivity index (χ2v) is 1.37. The molecule has 0 aromatic heterocycles. The number of nitrogens with one attached hydrogen (secondary N) is 1. The van der Waals surface area contributed by atoms with Gasteiger partial charge in [-0.2, -0.15) is 0 Å². The zero-order valence-electron chi connectivity index (χ0n) is 4.89. The van der Waals surface area contributed by atoms with E-state index in [2.05, 4.69) is 17.4 Å². The first kappa shape index (κ1) is 9.08. The fourth-order valence-electron chi connectivity index (χ4n) is 0.438. The van der Waals surface area contributed by atoms with E-state index < -0.39 is 0 Å². The summed E-state index contributed by atoms with van der Waals surface area (Å²) in [7, 11) is 0.318. The molecule has 1 N–H and O–H groups in total. The molecule has 0 fully saturated rings. The van der Waals surface area contributed by atoms with Gasteiger partial charge in [-0.25, -0.2) is 0 Å². The van der Waals surface area contributed by atoms with E-state index in [4.69, 9.17) is 0 Å². The van der Waals surface area contributed by atoms with Crippen LogP contribution in [0, 0.1) is 0 Å². The molecule has 0 bridgehead atoms. The number of anilines is 1. The maximum absolute atomic E-state index is 3.28. The standard InChI is InChI=1S/C6H9BN.Na/c7-8-6-4-2-1-3-5-6;/h1-5,8H,7H3;/q-1;+1. The summed E-state index contributed by atoms with van der Waals surface area (Å²) < 4.78 is 0. The van der Waals surface area contributed by atoms with Crippen molar-refractivity contribution in [2.45, 2.75) is 0 Å². The van der Waals surface area contributed by atoms with Gasteiger partial charge in [0.05, 0.1) is 0 Å². The minimum absolute atomic E-state index is 0. The van der Waals surface area contributed by atoms with E-state index in [1.54, 1.807) is 0 Å². The predicted molar refractivity (Wildman–Crippen MR) is 40.0 cm³/mol. The average Bonchev–Trinajstić information content (AvgIpc) is 1.90. The molecular weight excluding hydrogens is 120 g/mol. The van der Waals surface area contributed by atoms with E-state index in [0.717, 1.165) is 0 Å². The Morgan fingerprint density at radius 3 is 2.00 bits per heavy atom. The van der Waals surface area contributed by atoms with Gasteiger partial charge in [0.2, 0.25) is 0 Å². The molecule has 9 heavy (non-hydrogen) atoms. The van der Waals surface area contributed by atoms with Gasteiger partial charge in [-0.15, -0.1) is 0 Å². The van der Waals surface area contributed by atoms with Gasteiger partial charge in [-0.3, -0.25) is 0 Å². The quantitative estimate of drug-likeness (QED) is 0.409. The molecular formula is C6H9BNNa. The SMILES string of the molecule is [BH3-]Nc1ccccc1.[Na+]. The Kier molecular flexibility index (Phi) is 4.96. The molecule has 0 aliphatic rings. The number of hydrogen-bond donors (Lipinski definition) is 1. The van der Waals surface area contributed by atoms with E-state index in [0.29, 0.717) is 7.98 Å². The van der Waals surface area contributed by atoms with E-state index in [9.17, 15) is 0 Å². The summed E-state index contributed by atoms with van der Waals surface area (Å²) in [5, 5.41) is 3.28. The summed E-state index contributed by atoms with van der Waals surface area (Å²) in [6.07, 6.45) is 0. The third kappa shape index (κ3) is 2.94. The van der Waals surface area contributed by atoms with Crippen LogP contribution in [-0.4, -0.2) is 7.98 Å². The molecule has 0 unspecified atom stereocenters. The Bertz CT molecular complexity index is 154. The zero-order valence-corrected chi connectivity index (χ0v) is 6.89. The molecule has 0 radical (unpaired) electrons. The van der Waals surface area contributed by atoms with Crippen molar-refractivity contribution < 1.29 is 29.6 Å². The molecule has 0 amide bonds. The van der Waals surface area contributed by atoms with Gasteiger partial charge in [0.15, 0.2) is 0 Å². The van der Waals surface area contributed by atoms with Crippen LogP contribution in [0.3, 0.4) is 0 Å². The second-order valence-electron chi connectivity index (χ2n) is 1.37. The van der Waals surface area contributed by atoms with Crippen molar-refractivity contribution in [3.05, 3.63) is 30.3 Å². The number of para-hydroxylation sites is 1. The van der Waals surface area contributed by atoms with E-state index in [1.165, 1.54) is 5.69 Å². The second kappa shape index (κ2) is 4.92. The van der Waals surface area contributed by atoms with E-state index in [-0.39, 0.29) is 29.6 Å². The molecule has 1 rings (SSSR count). The van der Waals surface area contributed by atoms with Gasteiger partial charge in [0.1, 0.15) is 0 Å². The Hall–Kier alpha value is 0.0849. The van der Waals surface area contributed by atoms with Crippen molar-refractivity contribution in [1.29, 1.82) is 0 Å². The molecule has 0 saturated heterocycles. The number of benzene rings is 1. The minimum atomic E-state index is 0. The molecule has 42 valence electrons. The molecule has 1 aromatic rings. The van der Waals surface area contributed by atoms with Crippen molar-refractivity contribution in [3.63, 3.8) is 0 Å². The van der Waals surface area contributed by atoms with Gasteiger partial charge >= 0.3 is 29.6 Å². The number of hydrogen-bond acceptors (Lipinski definition) is 1. The molecule has 0 spiro atoms. The van der Waals surface area contributed by atoms with Gasteiger partial charge in [-0.05, 0) is 17.8 Å². The van der Waals surface area contributed by atoms with Crippen molar-refractivity contribution in [1.82, 2.24) is 0 Å². The van der Waals surface area contributed by atoms with Crippen LogP contribution in [0.25, 0.3) is 0 Å². The Morgan fingerprint density at radius 2 is 1.67 bits per heavy atom. The van der Waals surface area contributed by atoms with Crippen molar-refractivity contribution in [3.8, 4) is 0 Å². The van der Waals surface area contributed by atoms with Crippen molar-refractivity contribution in [2.24, 2.45) is 0 Å². The summed E-state index contributed by atoms with van der Waals surface area (Å²) in [5.41, 5.74) is 1.27.